The van der Waals surface area contributed by atoms with E-state index in [1.807, 2.05) is 52.9 Å². The Morgan fingerprint density at radius 1 is 1.24 bits per heavy atom. The van der Waals surface area contributed by atoms with E-state index < -0.39 is 0 Å². The lowest BCUT2D eigenvalue weighted by atomic mass is 10.1. The lowest BCUT2D eigenvalue weighted by molar-refractivity contribution is 0.0726. The number of fused-ring (bicyclic) bond motifs is 3. The van der Waals surface area contributed by atoms with Gasteiger partial charge >= 0.3 is 0 Å². The molecule has 0 bridgehead atoms. The first-order valence-corrected chi connectivity index (χ1v) is 9.45. The van der Waals surface area contributed by atoms with Crippen LogP contribution in [0.2, 0.25) is 0 Å². The maximum Gasteiger partial charge on any atom is 0.272 e. The number of carbonyl (C=O) groups is 1. The minimum atomic E-state index is -0.0824. The molecule has 8 nitrogen and oxygen atoms in total. The van der Waals surface area contributed by atoms with E-state index in [1.54, 1.807) is 13.2 Å². The van der Waals surface area contributed by atoms with Crippen LogP contribution in [0.4, 0.5) is 0 Å². The number of para-hydroxylation sites is 1. The summed E-state index contributed by atoms with van der Waals surface area (Å²) in [5.74, 6) is 0.635. The van der Waals surface area contributed by atoms with Crippen molar-refractivity contribution in [3.8, 4) is 17.0 Å². The number of aromatic nitrogens is 5. The van der Waals surface area contributed by atoms with Gasteiger partial charge in [0.2, 0.25) is 0 Å². The molecule has 0 unspecified atom stereocenters. The zero-order valence-corrected chi connectivity index (χ0v) is 16.2. The van der Waals surface area contributed by atoms with Crippen LogP contribution < -0.4 is 4.74 Å². The molecule has 29 heavy (non-hydrogen) atoms. The first kappa shape index (κ1) is 17.4. The van der Waals surface area contributed by atoms with Crippen molar-refractivity contribution in [1.82, 2.24) is 29.7 Å². The van der Waals surface area contributed by atoms with Gasteiger partial charge in [0.15, 0.2) is 5.65 Å². The van der Waals surface area contributed by atoms with Crippen molar-refractivity contribution in [2.24, 2.45) is 0 Å². The summed E-state index contributed by atoms with van der Waals surface area (Å²) in [7, 11) is 1.62. The third-order valence-electron chi connectivity index (χ3n) is 5.25. The second-order valence-corrected chi connectivity index (χ2v) is 7.13. The molecule has 4 heterocycles. The van der Waals surface area contributed by atoms with E-state index in [-0.39, 0.29) is 5.91 Å². The lowest BCUT2D eigenvalue weighted by Gasteiger charge is -2.28. The molecule has 0 spiro atoms. The van der Waals surface area contributed by atoms with Gasteiger partial charge in [0.05, 0.1) is 24.2 Å². The Bertz CT molecular complexity index is 1230. The Kier molecular flexibility index (Phi) is 4.04. The van der Waals surface area contributed by atoms with E-state index in [4.69, 9.17) is 4.74 Å². The second-order valence-electron chi connectivity index (χ2n) is 7.13. The quantitative estimate of drug-likeness (QED) is 0.583. The minimum absolute atomic E-state index is 0.0824. The minimum Gasteiger partial charge on any atom is -0.496 e. The number of nitrogens with one attached hydrogen (secondary N) is 1. The van der Waals surface area contributed by atoms with Crippen LogP contribution in [0.25, 0.3) is 16.9 Å². The average Bonchev–Trinajstić information content (AvgIpc) is 3.39. The zero-order valence-electron chi connectivity index (χ0n) is 16.2. The van der Waals surface area contributed by atoms with E-state index >= 15 is 0 Å². The molecule has 0 atom stereocenters. The van der Waals surface area contributed by atoms with Crippen molar-refractivity contribution in [2.45, 2.75) is 19.9 Å². The summed E-state index contributed by atoms with van der Waals surface area (Å²) in [6.45, 7) is 3.07. The molecule has 1 aliphatic heterocycles. The number of aryl methyl sites for hydroxylation is 1. The number of amides is 1. The molecule has 1 N–H and O–H groups in total. The summed E-state index contributed by atoms with van der Waals surface area (Å²) in [4.78, 5) is 19.3. The molecule has 8 heteroatoms. The van der Waals surface area contributed by atoms with E-state index in [1.165, 1.54) is 0 Å². The average molecular weight is 388 g/mol. The van der Waals surface area contributed by atoms with Crippen LogP contribution in [0.15, 0.2) is 42.6 Å². The number of ether oxygens (including phenoxy) is 1. The van der Waals surface area contributed by atoms with E-state index in [0.29, 0.717) is 24.5 Å². The van der Waals surface area contributed by atoms with Gasteiger partial charge < -0.3 is 9.64 Å². The topological polar surface area (TPSA) is 88.4 Å². The standard InChI is InChI=1S/C21H20N6O2/c1-13-9-20-22-11-14-12-26(8-7-18(14)27(20)25-13)21(28)17-10-16(23-24-17)15-5-3-4-6-19(15)29-2/h3-6,9-11H,7-8,12H2,1-2H3,(H,23,24). The predicted molar refractivity (Wildman–Crippen MR) is 107 cm³/mol. The van der Waals surface area contributed by atoms with Gasteiger partial charge in [-0.1, -0.05) is 12.1 Å². The summed E-state index contributed by atoms with van der Waals surface area (Å²) in [6, 6.07) is 11.3. The van der Waals surface area contributed by atoms with Crippen LogP contribution in [-0.2, 0) is 13.0 Å². The van der Waals surface area contributed by atoms with Crippen molar-refractivity contribution in [3.63, 3.8) is 0 Å². The summed E-state index contributed by atoms with van der Waals surface area (Å²) < 4.78 is 7.29. The normalized spacial score (nSPS) is 13.5. The molecule has 5 rings (SSSR count). The van der Waals surface area contributed by atoms with E-state index in [2.05, 4.69) is 20.3 Å². The van der Waals surface area contributed by atoms with Gasteiger partial charge in [0, 0.05) is 42.9 Å². The molecule has 0 fully saturated rings. The number of nitrogens with zero attached hydrogens (tertiary/aromatic N) is 5. The Hall–Kier alpha value is -3.68. The number of rotatable bonds is 3. The fourth-order valence-electron chi connectivity index (χ4n) is 3.82. The first-order chi connectivity index (χ1) is 14.1. The number of aromatic amines is 1. The van der Waals surface area contributed by atoms with Crippen LogP contribution in [0.3, 0.4) is 0 Å². The molecule has 0 saturated carbocycles. The van der Waals surface area contributed by atoms with Gasteiger partial charge in [-0.3, -0.25) is 9.89 Å². The van der Waals surface area contributed by atoms with Crippen LogP contribution in [-0.4, -0.2) is 49.3 Å². The smallest absolute Gasteiger partial charge is 0.272 e. The van der Waals surface area contributed by atoms with Gasteiger partial charge in [-0.25, -0.2) is 9.50 Å². The molecule has 4 aromatic rings. The highest BCUT2D eigenvalue weighted by atomic mass is 16.5. The van der Waals surface area contributed by atoms with E-state index in [0.717, 1.165) is 40.3 Å². The van der Waals surface area contributed by atoms with Gasteiger partial charge in [-0.2, -0.15) is 10.2 Å². The molecule has 1 aliphatic rings. The second kappa shape index (κ2) is 6.73. The molecule has 1 amide bonds. The van der Waals surface area contributed by atoms with Crippen molar-refractivity contribution in [1.29, 1.82) is 0 Å². The maximum absolute atomic E-state index is 13.1. The Labute approximate surface area is 167 Å². The van der Waals surface area contributed by atoms with E-state index in [9.17, 15) is 4.79 Å². The number of methoxy groups -OCH3 is 1. The fraction of sp³-hybridized carbons (Fsp3) is 0.238. The van der Waals surface area contributed by atoms with Crippen LogP contribution in [0.1, 0.15) is 27.4 Å². The Balaban J connectivity index is 1.41. The molecule has 0 saturated heterocycles. The van der Waals surface area contributed by atoms with Gasteiger partial charge in [-0.15, -0.1) is 0 Å². The summed E-state index contributed by atoms with van der Waals surface area (Å²) in [5.41, 5.74) is 5.89. The highest BCUT2D eigenvalue weighted by Gasteiger charge is 2.26. The summed E-state index contributed by atoms with van der Waals surface area (Å²) >= 11 is 0. The number of carbonyl (C=O) groups excluding carboxylic acids is 1. The summed E-state index contributed by atoms with van der Waals surface area (Å²) in [5, 5.41) is 11.7. The molecule has 1 aromatic carbocycles. The van der Waals surface area contributed by atoms with Crippen LogP contribution in [0.5, 0.6) is 5.75 Å². The van der Waals surface area contributed by atoms with Gasteiger partial charge in [-0.05, 0) is 25.1 Å². The zero-order chi connectivity index (χ0) is 20.0. The summed E-state index contributed by atoms with van der Waals surface area (Å²) in [6.07, 6.45) is 2.58. The highest BCUT2D eigenvalue weighted by molar-refractivity contribution is 5.93. The first-order valence-electron chi connectivity index (χ1n) is 9.45. The lowest BCUT2D eigenvalue weighted by Crippen LogP contribution is -2.37. The monoisotopic (exact) mass is 388 g/mol. The molecule has 0 aliphatic carbocycles. The highest BCUT2D eigenvalue weighted by Crippen LogP contribution is 2.29. The van der Waals surface area contributed by atoms with Crippen molar-refractivity contribution < 1.29 is 9.53 Å². The molecular formula is C21H20N6O2. The number of hydrogen-bond acceptors (Lipinski definition) is 5. The van der Waals surface area contributed by atoms with Crippen LogP contribution >= 0.6 is 0 Å². The molecule has 146 valence electrons. The fourth-order valence-corrected chi connectivity index (χ4v) is 3.82. The Morgan fingerprint density at radius 2 is 2.10 bits per heavy atom. The molecule has 0 radical (unpaired) electrons. The largest absolute Gasteiger partial charge is 0.496 e. The maximum atomic E-state index is 13.1. The Morgan fingerprint density at radius 3 is 2.97 bits per heavy atom. The predicted octanol–water partition coefficient (Wildman–Crippen LogP) is 2.63. The van der Waals surface area contributed by atoms with Crippen LogP contribution in [0, 0.1) is 6.92 Å². The third-order valence-corrected chi connectivity index (χ3v) is 5.25. The van der Waals surface area contributed by atoms with Crippen molar-refractivity contribution in [2.75, 3.05) is 13.7 Å². The SMILES string of the molecule is COc1ccccc1-c1cc(C(=O)N2CCc3c(cnc4cc(C)nn34)C2)[nH]n1. The number of H-pyrrole nitrogens is 1. The number of benzene rings is 1. The molecular weight excluding hydrogens is 368 g/mol. The number of hydrogen-bond donors (Lipinski definition) is 1. The third kappa shape index (κ3) is 2.93. The van der Waals surface area contributed by atoms with Crippen molar-refractivity contribution >= 4 is 11.6 Å². The molecule has 3 aromatic heterocycles. The van der Waals surface area contributed by atoms with Crippen molar-refractivity contribution in [3.05, 3.63) is 65.2 Å². The van der Waals surface area contributed by atoms with Gasteiger partial charge in [0.25, 0.3) is 5.91 Å². The van der Waals surface area contributed by atoms with Gasteiger partial charge in [0.1, 0.15) is 11.4 Å².